The molecule has 0 aliphatic carbocycles. The third-order valence-electron chi connectivity index (χ3n) is 3.37. The van der Waals surface area contributed by atoms with Crippen molar-refractivity contribution in [2.75, 3.05) is 5.32 Å². The molecule has 23 heavy (non-hydrogen) atoms. The van der Waals surface area contributed by atoms with Crippen LogP contribution in [-0.2, 0) is 4.79 Å². The summed E-state index contributed by atoms with van der Waals surface area (Å²) < 4.78 is 0. The summed E-state index contributed by atoms with van der Waals surface area (Å²) in [5, 5.41) is 13.5. The van der Waals surface area contributed by atoms with Crippen LogP contribution >= 0.6 is 11.3 Å². The molecule has 7 heteroatoms. The van der Waals surface area contributed by atoms with Gasteiger partial charge in [-0.15, -0.1) is 11.3 Å². The summed E-state index contributed by atoms with van der Waals surface area (Å²) in [6, 6.07) is 8.12. The number of ketones is 1. The van der Waals surface area contributed by atoms with E-state index in [2.05, 4.69) is 5.32 Å². The Morgan fingerprint density at radius 3 is 2.52 bits per heavy atom. The van der Waals surface area contributed by atoms with Crippen molar-refractivity contribution in [3.8, 4) is 0 Å². The van der Waals surface area contributed by atoms with Crippen LogP contribution in [0.4, 0.5) is 11.4 Å². The second kappa shape index (κ2) is 7.15. The summed E-state index contributed by atoms with van der Waals surface area (Å²) in [6.45, 7) is 3.49. The predicted octanol–water partition coefficient (Wildman–Crippen LogP) is 3.87. The van der Waals surface area contributed by atoms with Crippen LogP contribution in [0.2, 0.25) is 0 Å². The van der Waals surface area contributed by atoms with Crippen LogP contribution in [0.15, 0.2) is 30.3 Å². The van der Waals surface area contributed by atoms with Crippen LogP contribution in [0.25, 0.3) is 0 Å². The highest BCUT2D eigenvalue weighted by Crippen LogP contribution is 2.25. The van der Waals surface area contributed by atoms with Gasteiger partial charge in [0.05, 0.1) is 21.1 Å². The van der Waals surface area contributed by atoms with E-state index < -0.39 is 4.92 Å². The van der Waals surface area contributed by atoms with Crippen molar-refractivity contribution in [1.29, 1.82) is 0 Å². The van der Waals surface area contributed by atoms with Gasteiger partial charge < -0.3 is 5.32 Å². The van der Waals surface area contributed by atoms with Crippen molar-refractivity contribution in [3.05, 3.63) is 55.8 Å². The quantitative estimate of drug-likeness (QED) is 0.494. The maximum Gasteiger partial charge on any atom is 0.274 e. The van der Waals surface area contributed by atoms with Gasteiger partial charge in [0.1, 0.15) is 0 Å². The lowest BCUT2D eigenvalue weighted by atomic mass is 10.1. The van der Waals surface area contributed by atoms with Crippen LogP contribution in [0.1, 0.15) is 33.0 Å². The molecule has 1 aromatic heterocycles. The van der Waals surface area contributed by atoms with Crippen molar-refractivity contribution in [3.63, 3.8) is 0 Å². The normalized spacial score (nSPS) is 10.3. The minimum atomic E-state index is -0.492. The first-order valence-corrected chi connectivity index (χ1v) is 7.83. The summed E-state index contributed by atoms with van der Waals surface area (Å²) in [5.41, 5.74) is 0.739. The summed E-state index contributed by atoms with van der Waals surface area (Å²) in [5.74, 6) is -0.413. The summed E-state index contributed by atoms with van der Waals surface area (Å²) in [7, 11) is 0. The molecule has 6 nitrogen and oxygen atoms in total. The molecule has 0 aliphatic rings. The monoisotopic (exact) mass is 332 g/mol. The third kappa shape index (κ3) is 4.23. The van der Waals surface area contributed by atoms with Crippen LogP contribution in [0, 0.1) is 24.0 Å². The van der Waals surface area contributed by atoms with Gasteiger partial charge in [0.25, 0.3) is 5.69 Å². The number of rotatable bonds is 6. The molecule has 2 aromatic rings. The molecule has 0 unspecified atom stereocenters. The lowest BCUT2D eigenvalue weighted by Gasteiger charge is -2.08. The number of anilines is 1. The Kier molecular flexibility index (Phi) is 5.23. The largest absolute Gasteiger partial charge is 0.326 e. The van der Waals surface area contributed by atoms with Crippen molar-refractivity contribution in [2.24, 2.45) is 0 Å². The van der Waals surface area contributed by atoms with E-state index in [1.807, 2.05) is 13.0 Å². The van der Waals surface area contributed by atoms with Gasteiger partial charge in [-0.2, -0.15) is 0 Å². The number of nitrogens with zero attached hydrogens (tertiary/aromatic N) is 1. The standard InChI is InChI=1S/C16H16N2O4S/c1-10-6-8-15(23-10)14(19)7-9-16(20)17-12-4-3-5-13(11(12)2)18(21)22/h3-6,8H,7,9H2,1-2H3,(H,17,20). The van der Waals surface area contributed by atoms with E-state index in [1.165, 1.54) is 23.5 Å². The average molecular weight is 332 g/mol. The molecule has 0 saturated carbocycles. The Labute approximate surface area is 137 Å². The maximum atomic E-state index is 12.0. The van der Waals surface area contributed by atoms with Crippen molar-refractivity contribution >= 4 is 34.4 Å². The maximum absolute atomic E-state index is 12.0. The van der Waals surface area contributed by atoms with E-state index in [0.717, 1.165) is 4.88 Å². The summed E-state index contributed by atoms with van der Waals surface area (Å²) in [4.78, 5) is 36.0. The van der Waals surface area contributed by atoms with Gasteiger partial charge >= 0.3 is 0 Å². The molecule has 1 heterocycles. The van der Waals surface area contributed by atoms with Gasteiger partial charge in [-0.05, 0) is 32.0 Å². The molecule has 0 atom stereocenters. The Balaban J connectivity index is 1.96. The SMILES string of the molecule is Cc1ccc(C(=O)CCC(=O)Nc2cccc([N+](=O)[O-])c2C)s1. The lowest BCUT2D eigenvalue weighted by Crippen LogP contribution is -2.14. The van der Waals surface area contributed by atoms with Gasteiger partial charge in [0.2, 0.25) is 5.91 Å². The lowest BCUT2D eigenvalue weighted by molar-refractivity contribution is -0.385. The van der Waals surface area contributed by atoms with E-state index in [1.54, 1.807) is 19.1 Å². The van der Waals surface area contributed by atoms with Gasteiger partial charge in [-0.1, -0.05) is 6.07 Å². The molecular formula is C16H16N2O4S. The molecule has 1 N–H and O–H groups in total. The number of nitro groups is 1. The molecule has 0 fully saturated rings. The number of aryl methyl sites for hydroxylation is 1. The average Bonchev–Trinajstić information content (AvgIpc) is 2.93. The van der Waals surface area contributed by atoms with E-state index >= 15 is 0 Å². The molecular weight excluding hydrogens is 316 g/mol. The fourth-order valence-corrected chi connectivity index (χ4v) is 2.94. The Bertz CT molecular complexity index is 767. The van der Waals surface area contributed by atoms with Crippen molar-refractivity contribution < 1.29 is 14.5 Å². The first kappa shape index (κ1) is 16.8. The van der Waals surface area contributed by atoms with Gasteiger partial charge in [-0.3, -0.25) is 19.7 Å². The molecule has 2 rings (SSSR count). The molecule has 1 amide bonds. The van der Waals surface area contributed by atoms with E-state index in [0.29, 0.717) is 16.1 Å². The van der Waals surface area contributed by atoms with E-state index in [-0.39, 0.29) is 30.2 Å². The number of amides is 1. The highest BCUT2D eigenvalue weighted by atomic mass is 32.1. The smallest absolute Gasteiger partial charge is 0.274 e. The van der Waals surface area contributed by atoms with Gasteiger partial charge in [-0.25, -0.2) is 0 Å². The zero-order valence-electron chi connectivity index (χ0n) is 12.8. The molecule has 0 aliphatic heterocycles. The first-order chi connectivity index (χ1) is 10.9. The van der Waals surface area contributed by atoms with Gasteiger partial charge in [0, 0.05) is 23.8 Å². The fourth-order valence-electron chi connectivity index (χ4n) is 2.10. The summed E-state index contributed by atoms with van der Waals surface area (Å²) in [6.07, 6.45) is 0.150. The topological polar surface area (TPSA) is 89.3 Å². The number of carbonyl (C=O) groups excluding carboxylic acids is 2. The number of hydrogen-bond donors (Lipinski definition) is 1. The van der Waals surface area contributed by atoms with Crippen LogP contribution in [0.5, 0.6) is 0 Å². The molecule has 0 spiro atoms. The highest BCUT2D eigenvalue weighted by Gasteiger charge is 2.16. The second-order valence-corrected chi connectivity index (χ2v) is 6.38. The third-order valence-corrected chi connectivity index (χ3v) is 4.41. The van der Waals surface area contributed by atoms with Crippen LogP contribution in [0.3, 0.4) is 0 Å². The fraction of sp³-hybridized carbons (Fsp3) is 0.250. The number of thiophene rings is 1. The minimum Gasteiger partial charge on any atom is -0.326 e. The van der Waals surface area contributed by atoms with Gasteiger partial charge in [0.15, 0.2) is 5.78 Å². The molecule has 0 radical (unpaired) electrons. The molecule has 0 bridgehead atoms. The van der Waals surface area contributed by atoms with E-state index in [9.17, 15) is 19.7 Å². The van der Waals surface area contributed by atoms with Crippen LogP contribution in [-0.4, -0.2) is 16.6 Å². The number of nitro benzene ring substituents is 1. The summed E-state index contributed by atoms with van der Waals surface area (Å²) >= 11 is 1.40. The minimum absolute atomic E-state index is 0.0396. The number of Topliss-reactive ketones (excluding diaryl/α,β-unsaturated/α-hetero) is 1. The Morgan fingerprint density at radius 1 is 1.17 bits per heavy atom. The number of hydrogen-bond acceptors (Lipinski definition) is 5. The second-order valence-electron chi connectivity index (χ2n) is 5.09. The van der Waals surface area contributed by atoms with Crippen LogP contribution < -0.4 is 5.32 Å². The Morgan fingerprint density at radius 2 is 1.91 bits per heavy atom. The van der Waals surface area contributed by atoms with Crippen molar-refractivity contribution in [2.45, 2.75) is 26.7 Å². The number of carbonyl (C=O) groups is 2. The Hall–Kier alpha value is -2.54. The zero-order chi connectivity index (χ0) is 17.0. The predicted molar refractivity (Wildman–Crippen MR) is 89.1 cm³/mol. The molecule has 0 saturated heterocycles. The zero-order valence-corrected chi connectivity index (χ0v) is 13.6. The van der Waals surface area contributed by atoms with Crippen molar-refractivity contribution in [1.82, 2.24) is 0 Å². The van der Waals surface area contributed by atoms with E-state index in [4.69, 9.17) is 0 Å². The highest BCUT2D eigenvalue weighted by molar-refractivity contribution is 7.14. The first-order valence-electron chi connectivity index (χ1n) is 7.02. The number of nitrogens with one attached hydrogen (secondary N) is 1. The molecule has 120 valence electrons. The number of benzene rings is 1. The molecule has 1 aromatic carbocycles.